The number of halogens is 1. The van der Waals surface area contributed by atoms with Crippen molar-refractivity contribution in [3.05, 3.63) is 53.1 Å². The molecule has 0 aliphatic heterocycles. The summed E-state index contributed by atoms with van der Waals surface area (Å²) in [5.41, 5.74) is 10.0. The van der Waals surface area contributed by atoms with Crippen LogP contribution in [0.25, 0.3) is 22.4 Å². The van der Waals surface area contributed by atoms with Crippen LogP contribution in [-0.2, 0) is 13.5 Å². The Labute approximate surface area is 123 Å². The minimum atomic E-state index is 0.632. The average Bonchev–Trinajstić information content (AvgIpc) is 2.77. The van der Waals surface area contributed by atoms with Gasteiger partial charge in [0.2, 0.25) is 0 Å². The lowest BCUT2D eigenvalue weighted by atomic mass is 10.0. The second kappa shape index (κ2) is 5.27. The smallest absolute Gasteiger partial charge is 0.141 e. The van der Waals surface area contributed by atoms with Gasteiger partial charge in [-0.25, -0.2) is 4.98 Å². The molecule has 2 aromatic carbocycles. The molecule has 0 saturated heterocycles. The summed E-state index contributed by atoms with van der Waals surface area (Å²) in [6, 6.07) is 14.0. The molecule has 0 spiro atoms. The van der Waals surface area contributed by atoms with Gasteiger partial charge in [0.1, 0.15) is 5.82 Å². The highest BCUT2D eigenvalue weighted by atomic mass is 35.5. The number of fused-ring (bicyclic) bond motifs is 1. The molecule has 3 nitrogen and oxygen atoms in total. The summed E-state index contributed by atoms with van der Waals surface area (Å²) in [6.07, 6.45) is 0.847. The number of aryl methyl sites for hydroxylation is 1. The lowest BCUT2D eigenvalue weighted by Gasteiger charge is -2.08. The zero-order valence-electron chi connectivity index (χ0n) is 11.3. The summed E-state index contributed by atoms with van der Waals surface area (Å²) in [7, 11) is 2.01. The molecular formula is C16H16ClN3. The maximum absolute atomic E-state index is 6.07. The van der Waals surface area contributed by atoms with Crippen LogP contribution in [0.1, 0.15) is 5.56 Å². The Morgan fingerprint density at radius 3 is 2.80 bits per heavy atom. The van der Waals surface area contributed by atoms with Gasteiger partial charge in [-0.2, -0.15) is 0 Å². The Hall–Kier alpha value is -1.84. The second-order valence-electron chi connectivity index (χ2n) is 4.82. The van der Waals surface area contributed by atoms with Crippen LogP contribution in [-0.4, -0.2) is 16.1 Å². The molecule has 0 amide bonds. The highest BCUT2D eigenvalue weighted by Crippen LogP contribution is 2.28. The van der Waals surface area contributed by atoms with Crippen molar-refractivity contribution in [2.75, 3.05) is 6.54 Å². The molecule has 1 heterocycles. The fourth-order valence-corrected chi connectivity index (χ4v) is 2.68. The number of rotatable bonds is 3. The van der Waals surface area contributed by atoms with Crippen molar-refractivity contribution < 1.29 is 0 Å². The minimum Gasteiger partial charge on any atom is -0.330 e. The lowest BCUT2D eigenvalue weighted by Crippen LogP contribution is -2.05. The van der Waals surface area contributed by atoms with Crippen molar-refractivity contribution in [1.29, 1.82) is 0 Å². The fourth-order valence-electron chi connectivity index (χ4n) is 2.52. The minimum absolute atomic E-state index is 0.632. The molecule has 20 heavy (non-hydrogen) atoms. The quantitative estimate of drug-likeness (QED) is 0.801. The van der Waals surface area contributed by atoms with E-state index in [0.717, 1.165) is 33.9 Å². The number of hydrogen-bond acceptors (Lipinski definition) is 2. The van der Waals surface area contributed by atoms with Crippen LogP contribution < -0.4 is 5.73 Å². The first kappa shape index (κ1) is 13.2. The van der Waals surface area contributed by atoms with Gasteiger partial charge < -0.3 is 10.3 Å². The molecule has 1 aromatic heterocycles. The highest BCUT2D eigenvalue weighted by molar-refractivity contribution is 6.31. The van der Waals surface area contributed by atoms with Crippen molar-refractivity contribution in [2.24, 2.45) is 12.8 Å². The molecule has 0 bridgehead atoms. The van der Waals surface area contributed by atoms with Crippen LogP contribution >= 0.6 is 11.6 Å². The third-order valence-corrected chi connectivity index (χ3v) is 3.75. The third kappa shape index (κ3) is 2.19. The predicted octanol–water partition coefficient (Wildman–Crippen LogP) is 3.39. The lowest BCUT2D eigenvalue weighted by molar-refractivity contribution is 0.937. The van der Waals surface area contributed by atoms with Crippen LogP contribution in [0.3, 0.4) is 0 Å². The number of nitrogens with two attached hydrogens (primary N) is 1. The van der Waals surface area contributed by atoms with Crippen LogP contribution in [0.2, 0.25) is 5.02 Å². The van der Waals surface area contributed by atoms with Crippen molar-refractivity contribution in [1.82, 2.24) is 9.55 Å². The number of nitrogens with zero attached hydrogens (tertiary/aromatic N) is 2. The standard InChI is InChI=1S/C16H16ClN3/c1-20-15-10-12(17)6-7-14(15)19-16(20)13-5-3-2-4-11(13)8-9-18/h2-7,10H,8-9,18H2,1H3. The monoisotopic (exact) mass is 285 g/mol. The Bertz CT molecular complexity index is 762. The third-order valence-electron chi connectivity index (χ3n) is 3.51. The van der Waals surface area contributed by atoms with Crippen molar-refractivity contribution in [3.63, 3.8) is 0 Å². The summed E-state index contributed by atoms with van der Waals surface area (Å²) >= 11 is 6.07. The van der Waals surface area contributed by atoms with E-state index in [1.165, 1.54) is 5.56 Å². The summed E-state index contributed by atoms with van der Waals surface area (Å²) in [4.78, 5) is 4.73. The maximum atomic E-state index is 6.07. The Morgan fingerprint density at radius 2 is 2.00 bits per heavy atom. The fraction of sp³-hybridized carbons (Fsp3) is 0.188. The molecule has 0 aliphatic rings. The number of imidazole rings is 1. The zero-order valence-corrected chi connectivity index (χ0v) is 12.1. The first-order valence-corrected chi connectivity index (χ1v) is 6.99. The van der Waals surface area contributed by atoms with E-state index in [1.54, 1.807) is 0 Å². The average molecular weight is 286 g/mol. The molecule has 2 N–H and O–H groups in total. The first-order chi connectivity index (χ1) is 9.70. The van der Waals surface area contributed by atoms with Crippen molar-refractivity contribution >= 4 is 22.6 Å². The summed E-state index contributed by atoms with van der Waals surface area (Å²) in [5, 5.41) is 0.724. The van der Waals surface area contributed by atoms with E-state index < -0.39 is 0 Å². The molecule has 0 unspecified atom stereocenters. The van der Waals surface area contributed by atoms with Gasteiger partial charge in [-0.15, -0.1) is 0 Å². The van der Waals surface area contributed by atoms with Gasteiger partial charge in [0, 0.05) is 17.6 Å². The van der Waals surface area contributed by atoms with Crippen LogP contribution in [0.15, 0.2) is 42.5 Å². The van der Waals surface area contributed by atoms with Crippen molar-refractivity contribution in [2.45, 2.75) is 6.42 Å². The van der Waals surface area contributed by atoms with E-state index in [2.05, 4.69) is 16.7 Å². The van der Waals surface area contributed by atoms with Gasteiger partial charge in [0.25, 0.3) is 0 Å². The molecule has 3 aromatic rings. The predicted molar refractivity (Wildman–Crippen MR) is 83.9 cm³/mol. The largest absolute Gasteiger partial charge is 0.330 e. The van der Waals surface area contributed by atoms with E-state index in [9.17, 15) is 0 Å². The normalized spacial score (nSPS) is 11.2. The highest BCUT2D eigenvalue weighted by Gasteiger charge is 2.12. The van der Waals surface area contributed by atoms with E-state index in [-0.39, 0.29) is 0 Å². The van der Waals surface area contributed by atoms with Gasteiger partial charge >= 0.3 is 0 Å². The molecule has 3 rings (SSSR count). The van der Waals surface area contributed by atoms with Gasteiger partial charge in [-0.1, -0.05) is 35.9 Å². The van der Waals surface area contributed by atoms with Gasteiger partial charge in [-0.3, -0.25) is 0 Å². The Kier molecular flexibility index (Phi) is 3.47. The molecule has 0 saturated carbocycles. The number of hydrogen-bond donors (Lipinski definition) is 1. The summed E-state index contributed by atoms with van der Waals surface area (Å²) in [5.74, 6) is 0.950. The maximum Gasteiger partial charge on any atom is 0.141 e. The second-order valence-corrected chi connectivity index (χ2v) is 5.26. The molecule has 0 aliphatic carbocycles. The summed E-state index contributed by atoms with van der Waals surface area (Å²) in [6.45, 7) is 0.632. The molecular weight excluding hydrogens is 270 g/mol. The van der Waals surface area contributed by atoms with E-state index in [1.807, 2.05) is 37.4 Å². The van der Waals surface area contributed by atoms with Gasteiger partial charge in [0.05, 0.1) is 11.0 Å². The van der Waals surface area contributed by atoms with E-state index in [4.69, 9.17) is 22.3 Å². The molecule has 0 radical (unpaired) electrons. The van der Waals surface area contributed by atoms with Crippen LogP contribution in [0, 0.1) is 0 Å². The Balaban J connectivity index is 2.22. The van der Waals surface area contributed by atoms with Gasteiger partial charge in [-0.05, 0) is 36.7 Å². The zero-order chi connectivity index (χ0) is 14.1. The molecule has 0 atom stereocenters. The number of aromatic nitrogens is 2. The van der Waals surface area contributed by atoms with E-state index in [0.29, 0.717) is 6.54 Å². The van der Waals surface area contributed by atoms with Crippen LogP contribution in [0.4, 0.5) is 0 Å². The molecule has 102 valence electrons. The van der Waals surface area contributed by atoms with Crippen LogP contribution in [0.5, 0.6) is 0 Å². The molecule has 0 fully saturated rings. The van der Waals surface area contributed by atoms with E-state index >= 15 is 0 Å². The molecule has 4 heteroatoms. The number of benzene rings is 2. The SMILES string of the molecule is Cn1c(-c2ccccc2CCN)nc2ccc(Cl)cc21. The van der Waals surface area contributed by atoms with Gasteiger partial charge in [0.15, 0.2) is 0 Å². The Morgan fingerprint density at radius 1 is 1.20 bits per heavy atom. The summed E-state index contributed by atoms with van der Waals surface area (Å²) < 4.78 is 2.08. The first-order valence-electron chi connectivity index (χ1n) is 6.61. The van der Waals surface area contributed by atoms with Crippen molar-refractivity contribution in [3.8, 4) is 11.4 Å². The topological polar surface area (TPSA) is 43.8 Å².